The molecular formula is C20H16F2N2O3S. The molecule has 144 valence electrons. The first kappa shape index (κ1) is 19.6. The van der Waals surface area contributed by atoms with Crippen molar-refractivity contribution in [1.29, 1.82) is 0 Å². The fourth-order valence-corrected chi connectivity index (χ4v) is 3.16. The van der Waals surface area contributed by atoms with Gasteiger partial charge in [-0.25, -0.2) is 18.6 Å². The molecule has 5 nitrogen and oxygen atoms in total. The van der Waals surface area contributed by atoms with Gasteiger partial charge in [0.2, 0.25) is 0 Å². The van der Waals surface area contributed by atoms with Crippen molar-refractivity contribution in [2.75, 3.05) is 11.9 Å². The molecule has 0 aliphatic rings. The molecule has 3 rings (SSSR count). The average Bonchev–Trinajstić information content (AvgIpc) is 3.14. The molecule has 0 aliphatic heterocycles. The lowest BCUT2D eigenvalue weighted by molar-refractivity contribution is -0.119. The number of benzene rings is 2. The maximum atomic E-state index is 13.5. The number of amides is 1. The molecule has 0 aliphatic carbocycles. The number of nitrogens with zero attached hydrogens (tertiary/aromatic N) is 1. The molecule has 0 radical (unpaired) electrons. The molecule has 1 N–H and O–H groups in total. The molecule has 0 atom stereocenters. The summed E-state index contributed by atoms with van der Waals surface area (Å²) in [6.45, 7) is 1.38. The zero-order valence-corrected chi connectivity index (χ0v) is 15.7. The van der Waals surface area contributed by atoms with Gasteiger partial charge in [-0.1, -0.05) is 37.3 Å². The number of carbonyl (C=O) groups is 2. The second-order valence-electron chi connectivity index (χ2n) is 5.81. The molecule has 8 heteroatoms. The lowest BCUT2D eigenvalue weighted by Gasteiger charge is -2.06. The highest BCUT2D eigenvalue weighted by Gasteiger charge is 2.19. The van der Waals surface area contributed by atoms with Crippen molar-refractivity contribution in [2.45, 2.75) is 13.3 Å². The number of nitrogens with one attached hydrogen (secondary N) is 1. The maximum Gasteiger partial charge on any atom is 0.344 e. The summed E-state index contributed by atoms with van der Waals surface area (Å²) in [7, 11) is 0. The Morgan fingerprint density at radius 2 is 1.79 bits per heavy atom. The fourth-order valence-electron chi connectivity index (χ4n) is 2.43. The topological polar surface area (TPSA) is 68.3 Å². The normalized spacial score (nSPS) is 10.5. The summed E-state index contributed by atoms with van der Waals surface area (Å²) in [5, 5.41) is 4.61. The highest BCUT2D eigenvalue weighted by Crippen LogP contribution is 2.25. The van der Waals surface area contributed by atoms with Crippen LogP contribution >= 0.6 is 11.3 Å². The first-order valence-electron chi connectivity index (χ1n) is 8.43. The van der Waals surface area contributed by atoms with E-state index in [4.69, 9.17) is 0 Å². The number of anilines is 1. The Hall–Kier alpha value is -3.13. The Labute approximate surface area is 164 Å². The second-order valence-corrected chi connectivity index (χ2v) is 6.67. The van der Waals surface area contributed by atoms with Gasteiger partial charge in [-0.2, -0.15) is 0 Å². The second kappa shape index (κ2) is 8.71. The van der Waals surface area contributed by atoms with E-state index < -0.39 is 35.7 Å². The van der Waals surface area contributed by atoms with Crippen LogP contribution < -0.4 is 5.32 Å². The van der Waals surface area contributed by atoms with Crippen LogP contribution in [0, 0.1) is 11.6 Å². The predicted molar refractivity (Wildman–Crippen MR) is 102 cm³/mol. The zero-order chi connectivity index (χ0) is 20.1. The van der Waals surface area contributed by atoms with Gasteiger partial charge in [-0.15, -0.1) is 11.3 Å². The van der Waals surface area contributed by atoms with Crippen LogP contribution in [0.15, 0.2) is 47.8 Å². The molecule has 2 aromatic carbocycles. The van der Waals surface area contributed by atoms with Crippen molar-refractivity contribution < 1.29 is 23.1 Å². The Bertz CT molecular complexity index is 983. The molecule has 1 heterocycles. The Morgan fingerprint density at radius 3 is 2.43 bits per heavy atom. The van der Waals surface area contributed by atoms with Crippen molar-refractivity contribution >= 4 is 28.3 Å². The third kappa shape index (κ3) is 4.58. The number of ether oxygens (including phenoxy) is 1. The number of aryl methyl sites for hydroxylation is 1. The van der Waals surface area contributed by atoms with Crippen molar-refractivity contribution in [1.82, 2.24) is 4.98 Å². The van der Waals surface area contributed by atoms with Gasteiger partial charge < -0.3 is 4.74 Å². The first-order valence-corrected chi connectivity index (χ1v) is 9.31. The van der Waals surface area contributed by atoms with Crippen molar-refractivity contribution in [3.8, 4) is 11.3 Å². The van der Waals surface area contributed by atoms with Crippen LogP contribution in [0.3, 0.4) is 0 Å². The van der Waals surface area contributed by atoms with Crippen molar-refractivity contribution in [3.05, 3.63) is 70.6 Å². The number of thiazole rings is 1. The smallest absolute Gasteiger partial charge is 0.344 e. The van der Waals surface area contributed by atoms with E-state index >= 15 is 0 Å². The molecule has 0 bridgehead atoms. The lowest BCUT2D eigenvalue weighted by atomic mass is 10.1. The van der Waals surface area contributed by atoms with Gasteiger partial charge >= 0.3 is 5.97 Å². The Kier molecular flexibility index (Phi) is 6.10. The van der Waals surface area contributed by atoms with Gasteiger partial charge in [0.25, 0.3) is 5.91 Å². The zero-order valence-electron chi connectivity index (χ0n) is 14.9. The number of hydrogen-bond donors (Lipinski definition) is 1. The summed E-state index contributed by atoms with van der Waals surface area (Å²) in [5.74, 6) is -4.01. The SMILES string of the molecule is CCc1ccc(-c2csc(NC(=O)COC(=O)c3c(F)cccc3F)n2)cc1. The van der Waals surface area contributed by atoms with Crippen molar-refractivity contribution in [2.24, 2.45) is 0 Å². The van der Waals surface area contributed by atoms with Crippen LogP contribution in [0.2, 0.25) is 0 Å². The third-order valence-electron chi connectivity index (χ3n) is 3.91. The van der Waals surface area contributed by atoms with Crippen LogP contribution in [-0.2, 0) is 16.0 Å². The summed E-state index contributed by atoms with van der Waals surface area (Å²) in [6, 6.07) is 10.9. The number of aromatic nitrogens is 1. The van der Waals surface area contributed by atoms with E-state index in [0.717, 1.165) is 30.2 Å². The molecule has 1 aromatic heterocycles. The summed E-state index contributed by atoms with van der Waals surface area (Å²) in [6.07, 6.45) is 0.939. The van der Waals surface area contributed by atoms with Gasteiger partial charge in [0.15, 0.2) is 11.7 Å². The fraction of sp³-hybridized carbons (Fsp3) is 0.150. The van der Waals surface area contributed by atoms with Gasteiger partial charge in [-0.3, -0.25) is 10.1 Å². The minimum Gasteiger partial charge on any atom is -0.452 e. The molecule has 28 heavy (non-hydrogen) atoms. The monoisotopic (exact) mass is 402 g/mol. The van der Waals surface area contributed by atoms with E-state index in [1.165, 1.54) is 16.9 Å². The van der Waals surface area contributed by atoms with E-state index in [2.05, 4.69) is 22.0 Å². The highest BCUT2D eigenvalue weighted by molar-refractivity contribution is 7.14. The Morgan fingerprint density at radius 1 is 1.11 bits per heavy atom. The lowest BCUT2D eigenvalue weighted by Crippen LogP contribution is -2.21. The minimum absolute atomic E-state index is 0.327. The van der Waals surface area contributed by atoms with Crippen LogP contribution in [0.5, 0.6) is 0 Å². The van der Waals surface area contributed by atoms with E-state index in [9.17, 15) is 18.4 Å². The van der Waals surface area contributed by atoms with E-state index in [0.29, 0.717) is 10.8 Å². The predicted octanol–water partition coefficient (Wildman–Crippen LogP) is 4.45. The molecule has 0 fully saturated rings. The molecule has 0 unspecified atom stereocenters. The van der Waals surface area contributed by atoms with Crippen LogP contribution in [-0.4, -0.2) is 23.5 Å². The highest BCUT2D eigenvalue weighted by atomic mass is 32.1. The van der Waals surface area contributed by atoms with E-state index in [-0.39, 0.29) is 0 Å². The number of rotatable bonds is 6. The quantitative estimate of drug-likeness (QED) is 0.619. The Balaban J connectivity index is 1.58. The van der Waals surface area contributed by atoms with Gasteiger partial charge in [-0.05, 0) is 24.1 Å². The number of halogens is 2. The number of carbonyl (C=O) groups excluding carboxylic acids is 2. The van der Waals surface area contributed by atoms with Crippen molar-refractivity contribution in [3.63, 3.8) is 0 Å². The van der Waals surface area contributed by atoms with Gasteiger partial charge in [0.05, 0.1) is 5.69 Å². The summed E-state index contributed by atoms with van der Waals surface area (Å²) in [4.78, 5) is 28.0. The van der Waals surface area contributed by atoms with Crippen LogP contribution in [0.1, 0.15) is 22.8 Å². The van der Waals surface area contributed by atoms with E-state index in [1.807, 2.05) is 24.3 Å². The number of esters is 1. The van der Waals surface area contributed by atoms with Crippen LogP contribution in [0.4, 0.5) is 13.9 Å². The largest absolute Gasteiger partial charge is 0.452 e. The van der Waals surface area contributed by atoms with E-state index in [1.54, 1.807) is 5.38 Å². The molecule has 0 saturated carbocycles. The summed E-state index contributed by atoms with van der Waals surface area (Å²) < 4.78 is 31.8. The van der Waals surface area contributed by atoms with Crippen LogP contribution in [0.25, 0.3) is 11.3 Å². The van der Waals surface area contributed by atoms with Gasteiger partial charge in [0.1, 0.15) is 17.2 Å². The van der Waals surface area contributed by atoms with Gasteiger partial charge in [0, 0.05) is 10.9 Å². The average molecular weight is 402 g/mol. The summed E-state index contributed by atoms with van der Waals surface area (Å²) >= 11 is 1.21. The summed E-state index contributed by atoms with van der Waals surface area (Å²) in [5.41, 5.74) is 1.99. The number of hydrogen-bond acceptors (Lipinski definition) is 5. The molecule has 3 aromatic rings. The molecule has 1 amide bonds. The first-order chi connectivity index (χ1) is 13.5. The standard InChI is InChI=1S/C20H16F2N2O3S/c1-2-12-6-8-13(9-7-12)16-11-28-20(23-16)24-17(25)10-27-19(26)18-14(21)4-3-5-15(18)22/h3-9,11H,2,10H2,1H3,(H,23,24,25). The maximum absolute atomic E-state index is 13.5. The molecular weight excluding hydrogens is 386 g/mol. The third-order valence-corrected chi connectivity index (χ3v) is 4.67. The molecule has 0 saturated heterocycles. The molecule has 0 spiro atoms. The minimum atomic E-state index is -1.25.